The predicted molar refractivity (Wildman–Crippen MR) is 89.8 cm³/mol. The van der Waals surface area contributed by atoms with Gasteiger partial charge in [0.15, 0.2) is 5.82 Å². The molecule has 1 amide bonds. The van der Waals surface area contributed by atoms with E-state index in [9.17, 15) is 4.79 Å². The third-order valence-electron chi connectivity index (χ3n) is 3.39. The highest BCUT2D eigenvalue weighted by atomic mass is 16.5. The van der Waals surface area contributed by atoms with Gasteiger partial charge in [0.25, 0.3) is 5.91 Å². The van der Waals surface area contributed by atoms with Gasteiger partial charge in [0.05, 0.1) is 12.4 Å². The SMILES string of the molecule is Cc1cc(NC(=O)c2cnc(N(C)Cc3ccccc3)cn2)no1. The van der Waals surface area contributed by atoms with Gasteiger partial charge < -0.3 is 14.7 Å². The summed E-state index contributed by atoms with van der Waals surface area (Å²) in [4.78, 5) is 22.5. The Hall–Kier alpha value is -3.22. The number of nitrogens with one attached hydrogen (secondary N) is 1. The Morgan fingerprint density at radius 3 is 2.62 bits per heavy atom. The van der Waals surface area contributed by atoms with Crippen LogP contribution in [-0.2, 0) is 6.54 Å². The number of aryl methyl sites for hydroxylation is 1. The summed E-state index contributed by atoms with van der Waals surface area (Å²) in [6.45, 7) is 2.46. The van der Waals surface area contributed by atoms with Crippen molar-refractivity contribution in [2.75, 3.05) is 17.3 Å². The van der Waals surface area contributed by atoms with Gasteiger partial charge in [0.1, 0.15) is 17.3 Å². The summed E-state index contributed by atoms with van der Waals surface area (Å²) >= 11 is 0. The van der Waals surface area contributed by atoms with Crippen LogP contribution >= 0.6 is 0 Å². The molecule has 0 saturated carbocycles. The van der Waals surface area contributed by atoms with Crippen LogP contribution in [0.15, 0.2) is 53.3 Å². The molecule has 7 heteroatoms. The van der Waals surface area contributed by atoms with E-state index in [1.807, 2.05) is 42.3 Å². The lowest BCUT2D eigenvalue weighted by molar-refractivity contribution is 0.102. The molecule has 0 radical (unpaired) electrons. The quantitative estimate of drug-likeness (QED) is 0.777. The van der Waals surface area contributed by atoms with Crippen molar-refractivity contribution in [2.45, 2.75) is 13.5 Å². The lowest BCUT2D eigenvalue weighted by Crippen LogP contribution is -2.19. The van der Waals surface area contributed by atoms with Crippen molar-refractivity contribution in [1.82, 2.24) is 15.1 Å². The molecular formula is C17H17N5O2. The fourth-order valence-electron chi connectivity index (χ4n) is 2.18. The number of hydrogen-bond donors (Lipinski definition) is 1. The fraction of sp³-hybridized carbons (Fsp3) is 0.176. The maximum atomic E-state index is 12.1. The summed E-state index contributed by atoms with van der Waals surface area (Å²) in [6.07, 6.45) is 3.02. The van der Waals surface area contributed by atoms with Crippen LogP contribution in [0.1, 0.15) is 21.8 Å². The van der Waals surface area contributed by atoms with Gasteiger partial charge in [-0.25, -0.2) is 9.97 Å². The molecule has 0 saturated heterocycles. The zero-order valence-electron chi connectivity index (χ0n) is 13.4. The second kappa shape index (κ2) is 6.91. The molecule has 122 valence electrons. The van der Waals surface area contributed by atoms with Crippen LogP contribution in [0, 0.1) is 6.92 Å². The summed E-state index contributed by atoms with van der Waals surface area (Å²) in [6, 6.07) is 11.7. The van der Waals surface area contributed by atoms with Gasteiger partial charge in [-0.3, -0.25) is 4.79 Å². The molecule has 0 atom stereocenters. The minimum absolute atomic E-state index is 0.215. The average Bonchev–Trinajstić information content (AvgIpc) is 3.00. The lowest BCUT2D eigenvalue weighted by Gasteiger charge is -2.17. The fourth-order valence-corrected chi connectivity index (χ4v) is 2.18. The van der Waals surface area contributed by atoms with E-state index in [0.29, 0.717) is 23.9 Å². The number of aromatic nitrogens is 3. The van der Waals surface area contributed by atoms with Gasteiger partial charge in [-0.15, -0.1) is 0 Å². The van der Waals surface area contributed by atoms with E-state index in [-0.39, 0.29) is 11.6 Å². The van der Waals surface area contributed by atoms with E-state index in [4.69, 9.17) is 4.52 Å². The Morgan fingerprint density at radius 2 is 2.00 bits per heavy atom. The molecule has 0 spiro atoms. The second-order valence-electron chi connectivity index (χ2n) is 5.38. The number of benzene rings is 1. The monoisotopic (exact) mass is 323 g/mol. The molecule has 3 rings (SSSR count). The van der Waals surface area contributed by atoms with Gasteiger partial charge in [-0.1, -0.05) is 35.5 Å². The van der Waals surface area contributed by atoms with Crippen molar-refractivity contribution in [3.63, 3.8) is 0 Å². The zero-order chi connectivity index (χ0) is 16.9. The van der Waals surface area contributed by atoms with Gasteiger partial charge in [0, 0.05) is 19.7 Å². The van der Waals surface area contributed by atoms with Crippen molar-refractivity contribution in [1.29, 1.82) is 0 Å². The molecule has 3 aromatic rings. The maximum Gasteiger partial charge on any atom is 0.277 e. The molecule has 0 bridgehead atoms. The Kier molecular flexibility index (Phi) is 4.51. The third kappa shape index (κ3) is 3.75. The van der Waals surface area contributed by atoms with E-state index in [0.717, 1.165) is 0 Å². The highest BCUT2D eigenvalue weighted by Crippen LogP contribution is 2.13. The predicted octanol–water partition coefficient (Wildman–Crippen LogP) is 2.66. The first-order valence-electron chi connectivity index (χ1n) is 7.43. The molecule has 0 fully saturated rings. The highest BCUT2D eigenvalue weighted by molar-refractivity contribution is 6.02. The standard InChI is InChI=1S/C17H17N5O2/c1-12-8-15(21-24-12)20-17(23)14-9-19-16(10-18-14)22(2)11-13-6-4-3-5-7-13/h3-10H,11H2,1-2H3,(H,20,21,23). The Morgan fingerprint density at radius 1 is 1.21 bits per heavy atom. The molecule has 7 nitrogen and oxygen atoms in total. The first kappa shape index (κ1) is 15.7. The van der Waals surface area contributed by atoms with E-state index in [1.165, 1.54) is 11.8 Å². The highest BCUT2D eigenvalue weighted by Gasteiger charge is 2.12. The van der Waals surface area contributed by atoms with Gasteiger partial charge in [-0.2, -0.15) is 0 Å². The number of hydrogen-bond acceptors (Lipinski definition) is 6. The van der Waals surface area contributed by atoms with E-state index < -0.39 is 0 Å². The molecule has 0 aliphatic rings. The summed E-state index contributed by atoms with van der Waals surface area (Å²) in [5, 5.41) is 6.32. The lowest BCUT2D eigenvalue weighted by atomic mass is 10.2. The molecule has 1 N–H and O–H groups in total. The Bertz CT molecular complexity index is 815. The summed E-state index contributed by atoms with van der Waals surface area (Å²) in [5.74, 6) is 1.28. The molecule has 0 aliphatic carbocycles. The maximum absolute atomic E-state index is 12.1. The first-order chi connectivity index (χ1) is 11.6. The number of amides is 1. The van der Waals surface area contributed by atoms with Crippen LogP contribution in [0.4, 0.5) is 11.6 Å². The molecule has 2 aromatic heterocycles. The summed E-state index contributed by atoms with van der Waals surface area (Å²) in [7, 11) is 1.93. The Labute approximate surface area is 139 Å². The Balaban J connectivity index is 1.65. The van der Waals surface area contributed by atoms with Crippen molar-refractivity contribution < 1.29 is 9.32 Å². The van der Waals surface area contributed by atoms with Crippen molar-refractivity contribution in [3.05, 3.63) is 65.8 Å². The number of carbonyl (C=O) groups excluding carboxylic acids is 1. The van der Waals surface area contributed by atoms with Crippen molar-refractivity contribution in [3.8, 4) is 0 Å². The number of carbonyl (C=O) groups is 1. The van der Waals surface area contributed by atoms with Crippen molar-refractivity contribution in [2.24, 2.45) is 0 Å². The van der Waals surface area contributed by atoms with Crippen LogP contribution in [0.25, 0.3) is 0 Å². The first-order valence-corrected chi connectivity index (χ1v) is 7.43. The van der Waals surface area contributed by atoms with Crippen molar-refractivity contribution >= 4 is 17.5 Å². The number of anilines is 2. The van der Waals surface area contributed by atoms with Gasteiger partial charge >= 0.3 is 0 Å². The minimum atomic E-state index is -0.381. The van der Waals surface area contributed by atoms with E-state index >= 15 is 0 Å². The van der Waals surface area contributed by atoms with Crippen LogP contribution < -0.4 is 10.2 Å². The summed E-state index contributed by atoms with van der Waals surface area (Å²) < 4.78 is 4.90. The third-order valence-corrected chi connectivity index (χ3v) is 3.39. The zero-order valence-corrected chi connectivity index (χ0v) is 13.4. The summed E-state index contributed by atoms with van der Waals surface area (Å²) in [5.41, 5.74) is 1.39. The number of rotatable bonds is 5. The van der Waals surface area contributed by atoms with Crippen LogP contribution in [0.3, 0.4) is 0 Å². The van der Waals surface area contributed by atoms with Crippen LogP contribution in [-0.4, -0.2) is 28.1 Å². The minimum Gasteiger partial charge on any atom is -0.360 e. The van der Waals surface area contributed by atoms with Crippen LogP contribution in [0.2, 0.25) is 0 Å². The second-order valence-corrected chi connectivity index (χ2v) is 5.38. The normalized spacial score (nSPS) is 10.4. The van der Waals surface area contributed by atoms with E-state index in [2.05, 4.69) is 20.4 Å². The van der Waals surface area contributed by atoms with Gasteiger partial charge in [-0.05, 0) is 12.5 Å². The average molecular weight is 323 g/mol. The molecule has 1 aromatic carbocycles. The molecule has 2 heterocycles. The molecule has 0 unspecified atom stereocenters. The molecule has 24 heavy (non-hydrogen) atoms. The topological polar surface area (TPSA) is 84.2 Å². The number of nitrogens with zero attached hydrogens (tertiary/aromatic N) is 4. The molecular weight excluding hydrogens is 306 g/mol. The van der Waals surface area contributed by atoms with E-state index in [1.54, 1.807) is 19.2 Å². The largest absolute Gasteiger partial charge is 0.360 e. The van der Waals surface area contributed by atoms with Crippen LogP contribution in [0.5, 0.6) is 0 Å². The molecule has 0 aliphatic heterocycles. The smallest absolute Gasteiger partial charge is 0.277 e. The van der Waals surface area contributed by atoms with Gasteiger partial charge in [0.2, 0.25) is 0 Å².